The van der Waals surface area contributed by atoms with Crippen molar-refractivity contribution < 1.29 is 4.79 Å². The molecule has 4 nitrogen and oxygen atoms in total. The van der Waals surface area contributed by atoms with Gasteiger partial charge in [-0.05, 0) is 38.3 Å². The standard InChI is InChI=1S/C19H31N3O/c1-13(2)17-8-6-7-9-18(17)21-19(23)10-16(5)22-11-14(3)20-15(4)12-22/h6-9,13-16,20H,10-12H2,1-5H3,(H,21,23)/t14-,15-,16-/m1/s1. The first-order chi connectivity index (χ1) is 10.9. The molecule has 2 N–H and O–H groups in total. The SMILES string of the molecule is CC(C)c1ccccc1NC(=O)C[C@@H](C)N1C[C@@H](C)N[C@H](C)C1. The molecule has 0 radical (unpaired) electrons. The minimum absolute atomic E-state index is 0.101. The Hall–Kier alpha value is -1.39. The van der Waals surface area contributed by atoms with E-state index in [-0.39, 0.29) is 11.9 Å². The number of rotatable bonds is 5. The molecule has 1 aliphatic rings. The van der Waals surface area contributed by atoms with Crippen LogP contribution in [0, 0.1) is 0 Å². The third kappa shape index (κ3) is 5.05. The lowest BCUT2D eigenvalue weighted by Crippen LogP contribution is -2.56. The number of piperazine rings is 1. The van der Waals surface area contributed by atoms with Crippen LogP contribution in [-0.2, 0) is 4.79 Å². The quantitative estimate of drug-likeness (QED) is 0.876. The van der Waals surface area contributed by atoms with Crippen LogP contribution in [0.25, 0.3) is 0 Å². The molecule has 3 atom stereocenters. The molecule has 0 saturated carbocycles. The Kier molecular flexibility index (Phi) is 6.19. The maximum Gasteiger partial charge on any atom is 0.225 e. The summed E-state index contributed by atoms with van der Waals surface area (Å²) >= 11 is 0. The van der Waals surface area contributed by atoms with Crippen molar-refractivity contribution in [3.05, 3.63) is 29.8 Å². The first-order valence-corrected chi connectivity index (χ1v) is 8.75. The second-order valence-electron chi connectivity index (χ2n) is 7.27. The molecule has 0 bridgehead atoms. The zero-order valence-electron chi connectivity index (χ0n) is 15.1. The highest BCUT2D eigenvalue weighted by molar-refractivity contribution is 5.92. The van der Waals surface area contributed by atoms with E-state index in [4.69, 9.17) is 0 Å². The fourth-order valence-electron chi connectivity index (χ4n) is 3.44. The van der Waals surface area contributed by atoms with Gasteiger partial charge in [-0.25, -0.2) is 0 Å². The van der Waals surface area contributed by atoms with Crippen molar-refractivity contribution in [3.8, 4) is 0 Å². The Balaban J connectivity index is 1.94. The summed E-state index contributed by atoms with van der Waals surface area (Å²) in [5.41, 5.74) is 2.14. The smallest absolute Gasteiger partial charge is 0.225 e. The fourth-order valence-corrected chi connectivity index (χ4v) is 3.44. The van der Waals surface area contributed by atoms with E-state index in [1.165, 1.54) is 5.56 Å². The molecule has 2 rings (SSSR count). The highest BCUT2D eigenvalue weighted by Crippen LogP contribution is 2.24. The van der Waals surface area contributed by atoms with E-state index in [9.17, 15) is 4.79 Å². The van der Waals surface area contributed by atoms with Crippen molar-refractivity contribution in [3.63, 3.8) is 0 Å². The third-order valence-electron chi connectivity index (χ3n) is 4.55. The van der Waals surface area contributed by atoms with Crippen LogP contribution < -0.4 is 10.6 Å². The first-order valence-electron chi connectivity index (χ1n) is 8.75. The Labute approximate surface area is 140 Å². The number of benzene rings is 1. The highest BCUT2D eigenvalue weighted by Gasteiger charge is 2.26. The van der Waals surface area contributed by atoms with Gasteiger partial charge in [0.1, 0.15) is 0 Å². The number of amides is 1. The molecule has 1 aromatic rings. The second-order valence-corrected chi connectivity index (χ2v) is 7.27. The van der Waals surface area contributed by atoms with Gasteiger partial charge in [-0.2, -0.15) is 0 Å². The molecule has 1 amide bonds. The summed E-state index contributed by atoms with van der Waals surface area (Å²) in [5, 5.41) is 6.64. The molecule has 1 heterocycles. The molecule has 0 spiro atoms. The van der Waals surface area contributed by atoms with Gasteiger partial charge < -0.3 is 10.6 Å². The van der Waals surface area contributed by atoms with Gasteiger partial charge in [0, 0.05) is 43.3 Å². The number of hydrogen-bond acceptors (Lipinski definition) is 3. The van der Waals surface area contributed by atoms with Gasteiger partial charge in [0.25, 0.3) is 0 Å². The number of hydrogen-bond donors (Lipinski definition) is 2. The molecule has 1 saturated heterocycles. The molecule has 0 aliphatic carbocycles. The van der Waals surface area contributed by atoms with Crippen LogP contribution in [0.15, 0.2) is 24.3 Å². The van der Waals surface area contributed by atoms with Gasteiger partial charge in [-0.1, -0.05) is 32.0 Å². The van der Waals surface area contributed by atoms with Gasteiger partial charge in [0.05, 0.1) is 0 Å². The summed E-state index contributed by atoms with van der Waals surface area (Å²) in [4.78, 5) is 14.9. The Bertz CT molecular complexity index is 519. The summed E-state index contributed by atoms with van der Waals surface area (Å²) in [6.07, 6.45) is 0.534. The van der Waals surface area contributed by atoms with E-state index >= 15 is 0 Å². The monoisotopic (exact) mass is 317 g/mol. The van der Waals surface area contributed by atoms with Gasteiger partial charge in [0.15, 0.2) is 0 Å². The molecule has 23 heavy (non-hydrogen) atoms. The predicted octanol–water partition coefficient (Wildman–Crippen LogP) is 3.21. The number of para-hydroxylation sites is 1. The summed E-state index contributed by atoms with van der Waals surface area (Å²) in [7, 11) is 0. The molecule has 1 aliphatic heterocycles. The molecule has 4 heteroatoms. The minimum Gasteiger partial charge on any atom is -0.326 e. The minimum atomic E-state index is 0.101. The lowest BCUT2D eigenvalue weighted by atomic mass is 10.0. The number of carbonyl (C=O) groups is 1. The van der Waals surface area contributed by atoms with Gasteiger partial charge in [-0.3, -0.25) is 9.69 Å². The fraction of sp³-hybridized carbons (Fsp3) is 0.632. The van der Waals surface area contributed by atoms with Crippen LogP contribution in [-0.4, -0.2) is 42.0 Å². The highest BCUT2D eigenvalue weighted by atomic mass is 16.1. The molecule has 0 aromatic heterocycles. The van der Waals surface area contributed by atoms with Crippen molar-refractivity contribution in [1.29, 1.82) is 0 Å². The van der Waals surface area contributed by atoms with Crippen LogP contribution in [0.2, 0.25) is 0 Å². The van der Waals surface area contributed by atoms with Gasteiger partial charge in [-0.15, -0.1) is 0 Å². The van der Waals surface area contributed by atoms with Crippen molar-refractivity contribution in [1.82, 2.24) is 10.2 Å². The lowest BCUT2D eigenvalue weighted by Gasteiger charge is -2.39. The van der Waals surface area contributed by atoms with Crippen LogP contribution >= 0.6 is 0 Å². The van der Waals surface area contributed by atoms with Crippen molar-refractivity contribution in [2.24, 2.45) is 0 Å². The van der Waals surface area contributed by atoms with Crippen molar-refractivity contribution in [2.75, 3.05) is 18.4 Å². The molecular formula is C19H31N3O. The lowest BCUT2D eigenvalue weighted by molar-refractivity contribution is -0.117. The molecule has 1 fully saturated rings. The number of anilines is 1. The zero-order valence-corrected chi connectivity index (χ0v) is 15.1. The number of carbonyl (C=O) groups excluding carboxylic acids is 1. The van der Waals surface area contributed by atoms with E-state index < -0.39 is 0 Å². The first kappa shape index (κ1) is 18.0. The van der Waals surface area contributed by atoms with Gasteiger partial charge in [0.2, 0.25) is 5.91 Å². The van der Waals surface area contributed by atoms with Crippen LogP contribution in [0.5, 0.6) is 0 Å². The maximum atomic E-state index is 12.4. The average Bonchev–Trinajstić information content (AvgIpc) is 2.46. The summed E-state index contributed by atoms with van der Waals surface area (Å²) < 4.78 is 0. The van der Waals surface area contributed by atoms with E-state index in [1.807, 2.05) is 18.2 Å². The second kappa shape index (κ2) is 7.93. The van der Waals surface area contributed by atoms with E-state index in [0.29, 0.717) is 24.4 Å². The van der Waals surface area contributed by atoms with Crippen LogP contribution in [0.3, 0.4) is 0 Å². The third-order valence-corrected chi connectivity index (χ3v) is 4.55. The van der Waals surface area contributed by atoms with E-state index in [0.717, 1.165) is 18.8 Å². The van der Waals surface area contributed by atoms with Crippen molar-refractivity contribution in [2.45, 2.75) is 65.1 Å². The average molecular weight is 317 g/mol. The van der Waals surface area contributed by atoms with Crippen LogP contribution in [0.4, 0.5) is 5.69 Å². The van der Waals surface area contributed by atoms with Gasteiger partial charge >= 0.3 is 0 Å². The summed E-state index contributed by atoms with van der Waals surface area (Å²) in [5.74, 6) is 0.503. The molecule has 1 aromatic carbocycles. The zero-order chi connectivity index (χ0) is 17.0. The topological polar surface area (TPSA) is 44.4 Å². The summed E-state index contributed by atoms with van der Waals surface area (Å²) in [6.45, 7) is 12.9. The number of nitrogens with zero attached hydrogens (tertiary/aromatic N) is 1. The Morgan fingerprint density at radius 3 is 2.43 bits per heavy atom. The largest absolute Gasteiger partial charge is 0.326 e. The van der Waals surface area contributed by atoms with E-state index in [1.54, 1.807) is 0 Å². The van der Waals surface area contributed by atoms with Crippen molar-refractivity contribution >= 4 is 11.6 Å². The van der Waals surface area contributed by atoms with E-state index in [2.05, 4.69) is 56.2 Å². The normalized spacial score (nSPS) is 23.7. The Morgan fingerprint density at radius 2 is 1.83 bits per heavy atom. The predicted molar refractivity (Wildman–Crippen MR) is 96.9 cm³/mol. The van der Waals surface area contributed by atoms with Crippen LogP contribution in [0.1, 0.15) is 52.5 Å². The maximum absolute atomic E-state index is 12.4. The number of nitrogens with one attached hydrogen (secondary N) is 2. The molecule has 0 unspecified atom stereocenters. The molecular weight excluding hydrogens is 286 g/mol. The summed E-state index contributed by atoms with van der Waals surface area (Å²) in [6, 6.07) is 9.29. The Morgan fingerprint density at radius 1 is 1.22 bits per heavy atom. The molecule has 128 valence electrons.